The van der Waals surface area contributed by atoms with Crippen LogP contribution in [-0.2, 0) is 10.3 Å². The molecule has 82 valence electrons. The third-order valence-corrected chi connectivity index (χ3v) is 3.93. The van der Waals surface area contributed by atoms with Crippen molar-refractivity contribution < 1.29 is 4.74 Å². The highest BCUT2D eigenvalue weighted by molar-refractivity contribution is 7.18. The number of aromatic nitrogens is 1. The van der Waals surface area contributed by atoms with E-state index in [1.807, 2.05) is 6.92 Å². The summed E-state index contributed by atoms with van der Waals surface area (Å²) in [5.74, 6) is 0. The molecule has 1 aliphatic rings. The van der Waals surface area contributed by atoms with E-state index in [4.69, 9.17) is 4.74 Å². The fraction of sp³-hybridized carbons (Fsp3) is 0.308. The number of ether oxygens (including phenoxy) is 1. The van der Waals surface area contributed by atoms with Gasteiger partial charge in [0.2, 0.25) is 0 Å². The molecule has 0 saturated heterocycles. The first-order valence-corrected chi connectivity index (χ1v) is 6.18. The lowest BCUT2D eigenvalue weighted by Crippen LogP contribution is -2.18. The minimum absolute atomic E-state index is 0.272. The lowest BCUT2D eigenvalue weighted by Gasteiger charge is -2.22. The van der Waals surface area contributed by atoms with Gasteiger partial charge in [0.25, 0.3) is 0 Å². The Bertz CT molecular complexity index is 572. The molecule has 0 spiro atoms. The number of hydrogen-bond donors (Lipinski definition) is 0. The van der Waals surface area contributed by atoms with E-state index in [9.17, 15) is 0 Å². The first kappa shape index (κ1) is 10.00. The average molecular weight is 231 g/mol. The van der Waals surface area contributed by atoms with Crippen molar-refractivity contribution in [3.05, 3.63) is 40.9 Å². The van der Waals surface area contributed by atoms with Crippen molar-refractivity contribution in [3.8, 4) is 0 Å². The van der Waals surface area contributed by atoms with E-state index in [0.29, 0.717) is 6.61 Å². The van der Waals surface area contributed by atoms with Crippen LogP contribution >= 0.6 is 11.3 Å². The summed E-state index contributed by atoms with van der Waals surface area (Å²) in [5, 5.41) is 1.11. The quantitative estimate of drug-likeness (QED) is 0.702. The SMILES string of the molecule is Cc1nc2cc([C@@]3(C)C=CCO3)ccc2s1. The second-order valence-electron chi connectivity index (χ2n) is 4.24. The van der Waals surface area contributed by atoms with Crippen LogP contribution in [0, 0.1) is 6.92 Å². The minimum Gasteiger partial charge on any atom is -0.362 e. The van der Waals surface area contributed by atoms with Crippen molar-refractivity contribution in [1.82, 2.24) is 4.98 Å². The molecule has 3 heteroatoms. The molecule has 0 N–H and O–H groups in total. The molecule has 16 heavy (non-hydrogen) atoms. The number of benzene rings is 1. The van der Waals surface area contributed by atoms with Gasteiger partial charge in [0, 0.05) is 0 Å². The van der Waals surface area contributed by atoms with Crippen LogP contribution in [0.4, 0.5) is 0 Å². The van der Waals surface area contributed by atoms with Gasteiger partial charge in [0.05, 0.1) is 21.8 Å². The van der Waals surface area contributed by atoms with Crippen LogP contribution in [0.25, 0.3) is 10.2 Å². The van der Waals surface area contributed by atoms with Gasteiger partial charge in [-0.05, 0) is 31.5 Å². The molecule has 0 amide bonds. The first-order valence-electron chi connectivity index (χ1n) is 5.37. The third-order valence-electron chi connectivity index (χ3n) is 2.98. The van der Waals surface area contributed by atoms with E-state index < -0.39 is 0 Å². The van der Waals surface area contributed by atoms with Gasteiger partial charge in [0.15, 0.2) is 0 Å². The molecule has 1 aromatic heterocycles. The molecule has 1 aliphatic heterocycles. The van der Waals surface area contributed by atoms with E-state index in [1.165, 1.54) is 10.3 Å². The van der Waals surface area contributed by atoms with Crippen LogP contribution < -0.4 is 0 Å². The van der Waals surface area contributed by atoms with Gasteiger partial charge in [-0.3, -0.25) is 0 Å². The summed E-state index contributed by atoms with van der Waals surface area (Å²) in [6.45, 7) is 4.83. The van der Waals surface area contributed by atoms with Gasteiger partial charge in [0.1, 0.15) is 5.60 Å². The van der Waals surface area contributed by atoms with Crippen LogP contribution in [0.2, 0.25) is 0 Å². The fourth-order valence-electron chi connectivity index (χ4n) is 2.07. The zero-order chi connectivity index (χ0) is 11.2. The van der Waals surface area contributed by atoms with Crippen LogP contribution in [0.1, 0.15) is 17.5 Å². The van der Waals surface area contributed by atoms with Gasteiger partial charge < -0.3 is 4.74 Å². The fourth-order valence-corrected chi connectivity index (χ4v) is 2.88. The van der Waals surface area contributed by atoms with Crippen molar-refractivity contribution in [2.75, 3.05) is 6.61 Å². The summed E-state index contributed by atoms with van der Waals surface area (Å²) in [6, 6.07) is 6.40. The number of fused-ring (bicyclic) bond motifs is 1. The van der Waals surface area contributed by atoms with Crippen molar-refractivity contribution in [2.45, 2.75) is 19.4 Å². The Kier molecular flexibility index (Phi) is 2.13. The predicted molar refractivity (Wildman–Crippen MR) is 66.8 cm³/mol. The summed E-state index contributed by atoms with van der Waals surface area (Å²) >= 11 is 1.73. The van der Waals surface area contributed by atoms with Crippen molar-refractivity contribution in [1.29, 1.82) is 0 Å². The molecule has 0 radical (unpaired) electrons. The molecule has 2 nitrogen and oxygen atoms in total. The molecule has 0 aliphatic carbocycles. The monoisotopic (exact) mass is 231 g/mol. The number of nitrogens with zero attached hydrogens (tertiary/aromatic N) is 1. The van der Waals surface area contributed by atoms with Gasteiger partial charge in [-0.25, -0.2) is 4.98 Å². The Morgan fingerprint density at radius 2 is 2.31 bits per heavy atom. The summed E-state index contributed by atoms with van der Waals surface area (Å²) in [4.78, 5) is 4.52. The van der Waals surface area contributed by atoms with Crippen LogP contribution in [0.15, 0.2) is 30.4 Å². The first-order chi connectivity index (χ1) is 7.67. The lowest BCUT2D eigenvalue weighted by molar-refractivity contribution is 0.0391. The molecule has 1 aromatic carbocycles. The van der Waals surface area contributed by atoms with Crippen LogP contribution in [-0.4, -0.2) is 11.6 Å². The maximum atomic E-state index is 5.75. The van der Waals surface area contributed by atoms with Gasteiger partial charge in [-0.15, -0.1) is 11.3 Å². The Balaban J connectivity index is 2.14. The molecule has 1 atom stereocenters. The second kappa shape index (κ2) is 3.40. The Morgan fingerprint density at radius 3 is 3.06 bits per heavy atom. The topological polar surface area (TPSA) is 22.1 Å². The maximum Gasteiger partial charge on any atom is 0.109 e. The largest absolute Gasteiger partial charge is 0.362 e. The minimum atomic E-state index is -0.272. The molecular weight excluding hydrogens is 218 g/mol. The predicted octanol–water partition coefficient (Wildman–Crippen LogP) is 3.41. The molecule has 0 fully saturated rings. The van der Waals surface area contributed by atoms with E-state index in [0.717, 1.165) is 10.5 Å². The Hall–Kier alpha value is -1.19. The van der Waals surface area contributed by atoms with Crippen molar-refractivity contribution in [2.24, 2.45) is 0 Å². The standard InChI is InChI=1S/C13H13NOS/c1-9-14-11-8-10(4-5-12(11)16-9)13(2)6-3-7-15-13/h3-6,8H,7H2,1-2H3/t13-/m1/s1. The van der Waals surface area contributed by atoms with Crippen LogP contribution in [0.3, 0.4) is 0 Å². The van der Waals surface area contributed by atoms with Crippen LogP contribution in [0.5, 0.6) is 0 Å². The molecule has 2 aromatic rings. The molecule has 0 saturated carbocycles. The molecule has 0 unspecified atom stereocenters. The number of aryl methyl sites for hydroxylation is 1. The molecule has 0 bridgehead atoms. The van der Waals surface area contributed by atoms with Crippen molar-refractivity contribution in [3.63, 3.8) is 0 Å². The normalized spacial score (nSPS) is 24.4. The van der Waals surface area contributed by atoms with Gasteiger partial charge in [-0.2, -0.15) is 0 Å². The molecule has 3 rings (SSSR count). The third kappa shape index (κ3) is 1.47. The van der Waals surface area contributed by atoms with Gasteiger partial charge in [-0.1, -0.05) is 18.2 Å². The van der Waals surface area contributed by atoms with Gasteiger partial charge >= 0.3 is 0 Å². The smallest absolute Gasteiger partial charge is 0.109 e. The number of hydrogen-bond acceptors (Lipinski definition) is 3. The summed E-state index contributed by atoms with van der Waals surface area (Å²) in [6.07, 6.45) is 4.18. The average Bonchev–Trinajstić information content (AvgIpc) is 2.82. The number of thiazole rings is 1. The zero-order valence-corrected chi connectivity index (χ0v) is 10.2. The Morgan fingerprint density at radius 1 is 1.44 bits per heavy atom. The second-order valence-corrected chi connectivity index (χ2v) is 5.47. The molecule has 2 heterocycles. The highest BCUT2D eigenvalue weighted by Gasteiger charge is 2.27. The lowest BCUT2D eigenvalue weighted by atomic mass is 9.96. The highest BCUT2D eigenvalue weighted by atomic mass is 32.1. The van der Waals surface area contributed by atoms with E-state index in [-0.39, 0.29) is 5.60 Å². The van der Waals surface area contributed by atoms with E-state index in [2.05, 4.69) is 42.3 Å². The maximum absolute atomic E-state index is 5.75. The highest BCUT2D eigenvalue weighted by Crippen LogP contribution is 2.33. The Labute approximate surface area is 98.6 Å². The number of rotatable bonds is 1. The summed E-state index contributed by atoms with van der Waals surface area (Å²) in [7, 11) is 0. The van der Waals surface area contributed by atoms with E-state index >= 15 is 0 Å². The summed E-state index contributed by atoms with van der Waals surface area (Å²) in [5.41, 5.74) is 1.98. The van der Waals surface area contributed by atoms with E-state index in [1.54, 1.807) is 11.3 Å². The summed E-state index contributed by atoms with van der Waals surface area (Å²) < 4.78 is 6.99. The van der Waals surface area contributed by atoms with Crippen molar-refractivity contribution >= 4 is 21.6 Å². The zero-order valence-electron chi connectivity index (χ0n) is 9.36. The molecular formula is C13H13NOS.